The van der Waals surface area contributed by atoms with Gasteiger partial charge in [0.25, 0.3) is 5.91 Å². The van der Waals surface area contributed by atoms with Gasteiger partial charge in [-0.3, -0.25) is 4.79 Å². The molecule has 0 saturated carbocycles. The molecule has 2 heterocycles. The summed E-state index contributed by atoms with van der Waals surface area (Å²) < 4.78 is 1.18. The topological polar surface area (TPSA) is 71.6 Å². The number of nitrogens with zero attached hydrogens (tertiary/aromatic N) is 4. The van der Waals surface area contributed by atoms with Crippen LogP contribution < -0.4 is 0 Å². The van der Waals surface area contributed by atoms with Crippen LogP contribution in [0.4, 0.5) is 0 Å². The van der Waals surface area contributed by atoms with Gasteiger partial charge in [-0.2, -0.15) is 15.0 Å². The summed E-state index contributed by atoms with van der Waals surface area (Å²) in [6.07, 6.45) is 1.57. The molecule has 0 saturated heterocycles. The van der Waals surface area contributed by atoms with Crippen LogP contribution >= 0.6 is 0 Å². The van der Waals surface area contributed by atoms with Crippen molar-refractivity contribution in [2.45, 2.75) is 6.92 Å². The van der Waals surface area contributed by atoms with Gasteiger partial charge in [-0.25, -0.2) is 4.98 Å². The molecule has 0 N–H and O–H groups in total. The second-order valence-corrected chi connectivity index (χ2v) is 4.42. The molecule has 1 aromatic carbocycles. The minimum absolute atomic E-state index is 0.202. The number of aryl methyl sites for hydroxylation is 1. The lowest BCUT2D eigenvalue weighted by atomic mass is 10.1. The Bertz CT molecular complexity index is 840. The second kappa shape index (κ2) is 4.59. The predicted molar refractivity (Wildman–Crippen MR) is 73.2 cm³/mol. The van der Waals surface area contributed by atoms with Crippen LogP contribution in [0.1, 0.15) is 21.6 Å². The summed E-state index contributed by atoms with van der Waals surface area (Å²) in [7, 11) is 0. The first kappa shape index (κ1) is 12.1. The van der Waals surface area contributed by atoms with Crippen molar-refractivity contribution in [1.82, 2.24) is 14.8 Å². The van der Waals surface area contributed by atoms with Gasteiger partial charge in [-0.1, -0.05) is 17.7 Å². The number of pyridine rings is 1. The second-order valence-electron chi connectivity index (χ2n) is 4.42. The molecule has 2 aromatic heterocycles. The summed E-state index contributed by atoms with van der Waals surface area (Å²) in [4.78, 5) is 16.6. The van der Waals surface area contributed by atoms with E-state index >= 15 is 0 Å². The lowest BCUT2D eigenvalue weighted by Gasteiger charge is -2.02. The maximum Gasteiger partial charge on any atom is 0.280 e. The van der Waals surface area contributed by atoms with Crippen molar-refractivity contribution in [3.63, 3.8) is 0 Å². The molecule has 3 rings (SSSR count). The van der Waals surface area contributed by atoms with Gasteiger partial charge in [-0.05, 0) is 31.2 Å². The third-order valence-electron chi connectivity index (χ3n) is 3.04. The van der Waals surface area contributed by atoms with Crippen molar-refractivity contribution in [1.29, 1.82) is 5.26 Å². The van der Waals surface area contributed by atoms with Gasteiger partial charge < -0.3 is 0 Å². The standard InChI is InChI=1S/C15H10N4O/c1-10-4-6-11(7-5-10)15(20)19-14-12(3-2-8-17-14)13(9-16)18-19/h2-8H,1H3. The monoisotopic (exact) mass is 262 g/mol. The van der Waals surface area contributed by atoms with Gasteiger partial charge in [0.05, 0.1) is 5.39 Å². The molecule has 96 valence electrons. The molecule has 0 amide bonds. The Kier molecular flexibility index (Phi) is 2.77. The molecule has 20 heavy (non-hydrogen) atoms. The Morgan fingerprint density at radius 1 is 1.25 bits per heavy atom. The summed E-state index contributed by atoms with van der Waals surface area (Å²) in [5.41, 5.74) is 2.18. The highest BCUT2D eigenvalue weighted by Gasteiger charge is 2.17. The number of fused-ring (bicyclic) bond motifs is 1. The molecule has 0 aliphatic rings. The number of hydrogen-bond donors (Lipinski definition) is 0. The number of nitriles is 1. The molecule has 0 aliphatic carbocycles. The van der Waals surface area contributed by atoms with Crippen molar-refractivity contribution < 1.29 is 4.79 Å². The van der Waals surface area contributed by atoms with Crippen molar-refractivity contribution >= 4 is 16.9 Å². The Morgan fingerprint density at radius 2 is 2.00 bits per heavy atom. The SMILES string of the molecule is Cc1ccc(C(=O)n2nc(C#N)c3cccnc32)cc1. The van der Waals surface area contributed by atoms with Crippen LogP contribution in [-0.4, -0.2) is 20.7 Å². The molecular formula is C15H10N4O. The predicted octanol–water partition coefficient (Wildman–Crippen LogP) is 2.30. The van der Waals surface area contributed by atoms with Crippen LogP contribution in [-0.2, 0) is 0 Å². The zero-order valence-electron chi connectivity index (χ0n) is 10.7. The largest absolute Gasteiger partial charge is 0.280 e. The van der Waals surface area contributed by atoms with E-state index in [-0.39, 0.29) is 11.6 Å². The Labute approximate surface area is 115 Å². The van der Waals surface area contributed by atoms with Crippen molar-refractivity contribution in [2.75, 3.05) is 0 Å². The maximum atomic E-state index is 12.5. The number of benzene rings is 1. The van der Waals surface area contributed by atoms with Gasteiger partial charge in [0, 0.05) is 11.8 Å². The summed E-state index contributed by atoms with van der Waals surface area (Å²) >= 11 is 0. The quantitative estimate of drug-likeness (QED) is 0.674. The number of rotatable bonds is 1. The van der Waals surface area contributed by atoms with Crippen molar-refractivity contribution in [3.8, 4) is 6.07 Å². The van der Waals surface area contributed by atoms with Crippen molar-refractivity contribution in [2.24, 2.45) is 0 Å². The normalized spacial score (nSPS) is 10.4. The van der Waals surface area contributed by atoms with Crippen LogP contribution in [0.3, 0.4) is 0 Å². The van der Waals surface area contributed by atoms with Crippen LogP contribution in [0.5, 0.6) is 0 Å². The first-order valence-corrected chi connectivity index (χ1v) is 6.06. The first-order chi connectivity index (χ1) is 9.70. The van der Waals surface area contributed by atoms with E-state index in [1.165, 1.54) is 4.68 Å². The fraction of sp³-hybridized carbons (Fsp3) is 0.0667. The third-order valence-corrected chi connectivity index (χ3v) is 3.04. The first-order valence-electron chi connectivity index (χ1n) is 6.06. The molecule has 0 radical (unpaired) electrons. The van der Waals surface area contributed by atoms with Gasteiger partial charge >= 0.3 is 0 Å². The Balaban J connectivity index is 2.17. The van der Waals surface area contributed by atoms with E-state index in [1.807, 2.05) is 25.1 Å². The van der Waals surface area contributed by atoms with E-state index < -0.39 is 0 Å². The zero-order valence-corrected chi connectivity index (χ0v) is 10.7. The van der Waals surface area contributed by atoms with Gasteiger partial charge in [-0.15, -0.1) is 0 Å². The molecule has 0 spiro atoms. The van der Waals surface area contributed by atoms with Gasteiger partial charge in [0.2, 0.25) is 0 Å². The smallest absolute Gasteiger partial charge is 0.267 e. The van der Waals surface area contributed by atoms with Crippen LogP contribution in [0.2, 0.25) is 0 Å². The van der Waals surface area contributed by atoms with E-state index in [0.717, 1.165) is 5.56 Å². The molecule has 0 bridgehead atoms. The molecule has 0 unspecified atom stereocenters. The summed E-state index contributed by atoms with van der Waals surface area (Å²) in [5, 5.41) is 13.7. The number of aromatic nitrogens is 3. The molecule has 5 nitrogen and oxygen atoms in total. The minimum Gasteiger partial charge on any atom is -0.267 e. The number of hydrogen-bond acceptors (Lipinski definition) is 4. The molecule has 5 heteroatoms. The fourth-order valence-electron chi connectivity index (χ4n) is 1.99. The van der Waals surface area contributed by atoms with Crippen molar-refractivity contribution in [3.05, 3.63) is 59.4 Å². The van der Waals surface area contributed by atoms with Crippen LogP contribution in [0, 0.1) is 18.3 Å². The highest BCUT2D eigenvalue weighted by molar-refractivity contribution is 6.00. The molecular weight excluding hydrogens is 252 g/mol. The van der Waals surface area contributed by atoms with Crippen LogP contribution in [0.25, 0.3) is 11.0 Å². The average Bonchev–Trinajstić information content (AvgIpc) is 2.86. The van der Waals surface area contributed by atoms with Gasteiger partial charge in [0.1, 0.15) is 6.07 Å². The van der Waals surface area contributed by atoms with E-state index in [4.69, 9.17) is 5.26 Å². The highest BCUT2D eigenvalue weighted by Crippen LogP contribution is 2.17. The number of carbonyl (C=O) groups excluding carboxylic acids is 1. The molecule has 0 atom stereocenters. The van der Waals surface area contributed by atoms with E-state index in [2.05, 4.69) is 10.1 Å². The molecule has 0 fully saturated rings. The molecule has 0 aliphatic heterocycles. The Morgan fingerprint density at radius 3 is 2.70 bits per heavy atom. The summed E-state index contributed by atoms with van der Waals surface area (Å²) in [6, 6.07) is 12.6. The summed E-state index contributed by atoms with van der Waals surface area (Å²) in [5.74, 6) is -0.296. The van der Waals surface area contributed by atoms with Crippen LogP contribution in [0.15, 0.2) is 42.6 Å². The summed E-state index contributed by atoms with van der Waals surface area (Å²) in [6.45, 7) is 1.95. The number of carbonyl (C=O) groups is 1. The van der Waals surface area contributed by atoms with Gasteiger partial charge in [0.15, 0.2) is 11.3 Å². The van der Waals surface area contributed by atoms with E-state index in [9.17, 15) is 4.79 Å². The minimum atomic E-state index is -0.296. The lowest BCUT2D eigenvalue weighted by molar-refractivity contribution is 0.0949. The van der Waals surface area contributed by atoms with E-state index in [0.29, 0.717) is 16.6 Å². The Hall–Kier alpha value is -3.00. The maximum absolute atomic E-state index is 12.5. The fourth-order valence-corrected chi connectivity index (χ4v) is 1.99. The molecule has 3 aromatic rings. The lowest BCUT2D eigenvalue weighted by Crippen LogP contribution is -2.14. The zero-order chi connectivity index (χ0) is 14.1. The van der Waals surface area contributed by atoms with E-state index in [1.54, 1.807) is 30.5 Å². The third kappa shape index (κ3) is 1.84. The average molecular weight is 262 g/mol. The highest BCUT2D eigenvalue weighted by atomic mass is 16.2.